The van der Waals surface area contributed by atoms with Crippen LogP contribution in [-0.2, 0) is 0 Å². The molecule has 25 heavy (non-hydrogen) atoms. The second kappa shape index (κ2) is 7.56. The Kier molecular flexibility index (Phi) is 5.88. The predicted octanol–water partition coefficient (Wildman–Crippen LogP) is 3.47. The molecule has 136 valence electrons. The number of carbonyl (C=O) groups is 1. The van der Waals surface area contributed by atoms with Crippen molar-refractivity contribution in [2.45, 2.75) is 46.1 Å². The van der Waals surface area contributed by atoms with Crippen LogP contribution in [0.25, 0.3) is 0 Å². The Labute approximate surface area is 156 Å². The van der Waals surface area contributed by atoms with Crippen LogP contribution in [0.1, 0.15) is 45.6 Å². The predicted molar refractivity (Wildman–Crippen MR) is 98.6 cm³/mol. The van der Waals surface area contributed by atoms with Gasteiger partial charge < -0.3 is 14.9 Å². The maximum absolute atomic E-state index is 11.6. The monoisotopic (exact) mass is 409 g/mol. The van der Waals surface area contributed by atoms with Crippen molar-refractivity contribution in [3.05, 3.63) is 16.5 Å². The van der Waals surface area contributed by atoms with Gasteiger partial charge in [-0.25, -0.2) is 14.8 Å². The molecule has 1 saturated heterocycles. The first-order chi connectivity index (χ1) is 11.7. The number of anilines is 1. The van der Waals surface area contributed by atoms with E-state index in [0.717, 1.165) is 11.4 Å². The van der Waals surface area contributed by atoms with Crippen molar-refractivity contribution < 1.29 is 9.90 Å². The molecule has 1 aromatic rings. The molecule has 7 nitrogen and oxygen atoms in total. The Bertz CT molecular complexity index is 683. The van der Waals surface area contributed by atoms with Crippen molar-refractivity contribution in [3.63, 3.8) is 0 Å². The first-order valence-electron chi connectivity index (χ1n) is 8.28. The molecule has 0 saturated carbocycles. The number of carboxylic acid groups (broad SMARTS) is 1. The van der Waals surface area contributed by atoms with Crippen LogP contribution in [0.4, 0.5) is 10.6 Å². The summed E-state index contributed by atoms with van der Waals surface area (Å²) in [6.07, 6.45) is 0.982. The van der Waals surface area contributed by atoms with Gasteiger partial charge in [-0.15, -0.1) is 0 Å². The maximum Gasteiger partial charge on any atom is 0.407 e. The van der Waals surface area contributed by atoms with E-state index in [0.29, 0.717) is 30.7 Å². The molecule has 0 radical (unpaired) electrons. The summed E-state index contributed by atoms with van der Waals surface area (Å²) in [6, 6.07) is 2.05. The molecular formula is C17H24BrN5O2. The van der Waals surface area contributed by atoms with Gasteiger partial charge in [0.2, 0.25) is 0 Å². The summed E-state index contributed by atoms with van der Waals surface area (Å²) in [5, 5.41) is 18.6. The van der Waals surface area contributed by atoms with Crippen LogP contribution >= 0.6 is 15.9 Å². The molecule has 1 N–H and O–H groups in total. The minimum absolute atomic E-state index is 0.0128. The van der Waals surface area contributed by atoms with Gasteiger partial charge >= 0.3 is 6.09 Å². The van der Waals surface area contributed by atoms with Crippen LogP contribution in [0, 0.1) is 16.7 Å². The third-order valence-corrected chi connectivity index (χ3v) is 5.26. The smallest absolute Gasteiger partial charge is 0.407 e. The number of rotatable bonds is 3. The highest BCUT2D eigenvalue weighted by Gasteiger charge is 2.39. The Balaban J connectivity index is 2.39. The van der Waals surface area contributed by atoms with E-state index in [9.17, 15) is 9.90 Å². The first kappa shape index (κ1) is 19.4. The molecule has 2 heterocycles. The van der Waals surface area contributed by atoms with E-state index < -0.39 is 6.09 Å². The normalized spacial score (nSPS) is 19.4. The molecule has 0 bridgehead atoms. The highest BCUT2D eigenvalue weighted by molar-refractivity contribution is 9.10. The van der Waals surface area contributed by atoms with Gasteiger partial charge in [0.05, 0.1) is 12.1 Å². The Hall–Kier alpha value is -1.88. The third-order valence-electron chi connectivity index (χ3n) is 4.63. The van der Waals surface area contributed by atoms with Gasteiger partial charge in [-0.1, -0.05) is 27.7 Å². The number of nitriles is 1. The number of hydrogen-bond donors (Lipinski definition) is 1. The minimum Gasteiger partial charge on any atom is -0.465 e. The molecular weight excluding hydrogens is 386 g/mol. The highest BCUT2D eigenvalue weighted by Crippen LogP contribution is 2.35. The zero-order chi connectivity index (χ0) is 18.8. The lowest BCUT2D eigenvalue weighted by Crippen LogP contribution is -2.59. The minimum atomic E-state index is -0.887. The molecule has 8 heteroatoms. The lowest BCUT2D eigenvalue weighted by molar-refractivity contribution is 0.0746. The Morgan fingerprint density at radius 3 is 2.72 bits per heavy atom. The number of hydrogen-bond acceptors (Lipinski definition) is 5. The van der Waals surface area contributed by atoms with Gasteiger partial charge in [0, 0.05) is 37.5 Å². The van der Waals surface area contributed by atoms with Crippen LogP contribution in [-0.4, -0.2) is 51.7 Å². The second-order valence-electron chi connectivity index (χ2n) is 7.47. The van der Waals surface area contributed by atoms with Crippen LogP contribution < -0.4 is 4.90 Å². The van der Waals surface area contributed by atoms with Crippen molar-refractivity contribution in [2.75, 3.05) is 24.5 Å². The van der Waals surface area contributed by atoms with E-state index in [2.05, 4.69) is 36.9 Å². The van der Waals surface area contributed by atoms with E-state index in [1.807, 2.05) is 27.7 Å². The van der Waals surface area contributed by atoms with Gasteiger partial charge in [0.15, 0.2) is 0 Å². The average molecular weight is 410 g/mol. The zero-order valence-electron chi connectivity index (χ0n) is 15.0. The molecule has 1 amide bonds. The quantitative estimate of drug-likeness (QED) is 0.767. The first-order valence-corrected chi connectivity index (χ1v) is 9.08. The molecule has 1 aliphatic heterocycles. The Morgan fingerprint density at radius 1 is 1.48 bits per heavy atom. The van der Waals surface area contributed by atoms with Crippen molar-refractivity contribution in [1.29, 1.82) is 5.26 Å². The van der Waals surface area contributed by atoms with Crippen molar-refractivity contribution >= 4 is 27.8 Å². The molecule has 1 aromatic heterocycles. The van der Waals surface area contributed by atoms with Gasteiger partial charge in [-0.2, -0.15) is 5.26 Å². The molecule has 1 aliphatic rings. The topological polar surface area (TPSA) is 93.4 Å². The summed E-state index contributed by atoms with van der Waals surface area (Å²) in [6.45, 7) is 9.67. The zero-order valence-corrected chi connectivity index (χ0v) is 16.6. The fourth-order valence-corrected chi connectivity index (χ4v) is 3.89. The lowest BCUT2D eigenvalue weighted by Gasteiger charge is -2.46. The van der Waals surface area contributed by atoms with E-state index in [-0.39, 0.29) is 17.4 Å². The fourth-order valence-electron chi connectivity index (χ4n) is 3.23. The molecule has 0 spiro atoms. The van der Waals surface area contributed by atoms with Crippen LogP contribution in [0.2, 0.25) is 0 Å². The van der Waals surface area contributed by atoms with Crippen LogP contribution in [0.15, 0.2) is 10.9 Å². The number of amides is 1. The number of piperazine rings is 1. The van der Waals surface area contributed by atoms with E-state index in [4.69, 9.17) is 5.26 Å². The fraction of sp³-hybridized carbons (Fsp3) is 0.647. The largest absolute Gasteiger partial charge is 0.465 e. The summed E-state index contributed by atoms with van der Waals surface area (Å²) in [5.41, 5.74) is 0.709. The molecule has 1 fully saturated rings. The summed E-state index contributed by atoms with van der Waals surface area (Å²) >= 11 is 3.48. The standard InChI is InChI=1S/C17H24BrN5O2/c1-11(5-6-19)13-14(18)20-10-21-15(13)22-7-8-23(16(24)25)12(9-22)17(2,3)4/h10-12H,5,7-9H2,1-4H3,(H,24,25). The van der Waals surface area contributed by atoms with Crippen molar-refractivity contribution in [2.24, 2.45) is 5.41 Å². The highest BCUT2D eigenvalue weighted by atomic mass is 79.9. The summed E-state index contributed by atoms with van der Waals surface area (Å²) in [4.78, 5) is 23.9. The molecule has 2 rings (SSSR count). The Morgan fingerprint density at radius 2 is 2.16 bits per heavy atom. The van der Waals surface area contributed by atoms with Crippen LogP contribution in [0.3, 0.4) is 0 Å². The lowest BCUT2D eigenvalue weighted by atomic mass is 9.84. The maximum atomic E-state index is 11.6. The number of aromatic nitrogens is 2. The van der Waals surface area contributed by atoms with E-state index >= 15 is 0 Å². The SMILES string of the molecule is CC(CC#N)c1c(Br)ncnc1N1CCN(C(=O)O)C(C(C)(C)C)C1. The second-order valence-corrected chi connectivity index (χ2v) is 8.22. The number of nitrogens with zero attached hydrogens (tertiary/aromatic N) is 5. The van der Waals surface area contributed by atoms with Crippen molar-refractivity contribution in [3.8, 4) is 6.07 Å². The molecule has 2 atom stereocenters. The van der Waals surface area contributed by atoms with Crippen LogP contribution in [0.5, 0.6) is 0 Å². The van der Waals surface area contributed by atoms with E-state index in [1.54, 1.807) is 0 Å². The summed E-state index contributed by atoms with van der Waals surface area (Å²) in [7, 11) is 0. The van der Waals surface area contributed by atoms with E-state index in [1.165, 1.54) is 11.2 Å². The van der Waals surface area contributed by atoms with Gasteiger partial charge in [-0.3, -0.25) is 0 Å². The third kappa shape index (κ3) is 4.21. The molecule has 2 unspecified atom stereocenters. The average Bonchev–Trinajstić information content (AvgIpc) is 2.53. The summed E-state index contributed by atoms with van der Waals surface area (Å²) in [5.74, 6) is 0.769. The van der Waals surface area contributed by atoms with Crippen molar-refractivity contribution in [1.82, 2.24) is 14.9 Å². The molecule has 0 aromatic carbocycles. The molecule has 0 aliphatic carbocycles. The number of halogens is 1. The van der Waals surface area contributed by atoms with Gasteiger partial charge in [0.25, 0.3) is 0 Å². The van der Waals surface area contributed by atoms with Gasteiger partial charge in [-0.05, 0) is 21.3 Å². The van der Waals surface area contributed by atoms with Gasteiger partial charge in [0.1, 0.15) is 16.7 Å². The summed E-state index contributed by atoms with van der Waals surface area (Å²) < 4.78 is 0.688.